The van der Waals surface area contributed by atoms with Crippen LogP contribution in [0, 0.1) is 5.82 Å². The van der Waals surface area contributed by atoms with E-state index in [0.29, 0.717) is 0 Å². The number of rotatable bonds is 4. The Balaban J connectivity index is 3.20. The molecule has 0 bridgehead atoms. The Bertz CT molecular complexity index is 464. The SMILES string of the molecule is O=C(O)Cc1c(CCl)cnc(OC(F)(F)F)c1F. The number of carbonyl (C=O) groups is 1. The third kappa shape index (κ3) is 3.73. The molecule has 0 saturated heterocycles. The van der Waals surface area contributed by atoms with Gasteiger partial charge >= 0.3 is 12.3 Å². The highest BCUT2D eigenvalue weighted by molar-refractivity contribution is 6.17. The van der Waals surface area contributed by atoms with Crippen LogP contribution in [0.1, 0.15) is 11.1 Å². The zero-order valence-electron chi connectivity index (χ0n) is 8.59. The van der Waals surface area contributed by atoms with E-state index in [-0.39, 0.29) is 11.4 Å². The van der Waals surface area contributed by atoms with E-state index < -0.39 is 36.0 Å². The largest absolute Gasteiger partial charge is 0.574 e. The van der Waals surface area contributed by atoms with Crippen molar-refractivity contribution in [2.45, 2.75) is 18.7 Å². The number of hydrogen-bond acceptors (Lipinski definition) is 3. The van der Waals surface area contributed by atoms with Crippen LogP contribution >= 0.6 is 11.6 Å². The highest BCUT2D eigenvalue weighted by Gasteiger charge is 2.34. The van der Waals surface area contributed by atoms with Crippen LogP contribution in [-0.2, 0) is 17.1 Å². The Morgan fingerprint density at radius 3 is 2.56 bits per heavy atom. The summed E-state index contributed by atoms with van der Waals surface area (Å²) in [5, 5.41) is 8.54. The Morgan fingerprint density at radius 2 is 2.11 bits per heavy atom. The summed E-state index contributed by atoms with van der Waals surface area (Å²) in [7, 11) is 0. The number of carboxylic acids is 1. The smallest absolute Gasteiger partial charge is 0.481 e. The summed E-state index contributed by atoms with van der Waals surface area (Å²) in [6.45, 7) is 0. The molecule has 0 fully saturated rings. The zero-order valence-corrected chi connectivity index (χ0v) is 9.35. The second-order valence-corrected chi connectivity index (χ2v) is 3.40. The van der Waals surface area contributed by atoms with Crippen LogP contribution in [0.5, 0.6) is 5.88 Å². The molecule has 0 aliphatic heterocycles. The van der Waals surface area contributed by atoms with Crippen LogP contribution in [0.2, 0.25) is 0 Å². The first-order chi connectivity index (χ1) is 8.24. The molecule has 1 aromatic heterocycles. The van der Waals surface area contributed by atoms with Gasteiger partial charge in [0.05, 0.1) is 6.42 Å². The molecule has 0 atom stereocenters. The van der Waals surface area contributed by atoms with Crippen molar-refractivity contribution in [3.05, 3.63) is 23.1 Å². The van der Waals surface area contributed by atoms with Crippen molar-refractivity contribution in [3.8, 4) is 5.88 Å². The lowest BCUT2D eigenvalue weighted by Crippen LogP contribution is -2.20. The standard InChI is InChI=1S/C9H6ClF4NO3/c10-2-4-3-15-8(18-9(12,13)14)7(11)5(4)1-6(16)17/h3H,1-2H2,(H,16,17). The van der Waals surface area contributed by atoms with Gasteiger partial charge in [-0.15, -0.1) is 24.8 Å². The molecule has 1 rings (SSSR count). The minimum absolute atomic E-state index is 0.00825. The molecule has 0 aliphatic rings. The summed E-state index contributed by atoms with van der Waals surface area (Å²) in [5.74, 6) is -4.50. The highest BCUT2D eigenvalue weighted by Crippen LogP contribution is 2.27. The number of ether oxygens (including phenoxy) is 1. The molecule has 1 N–H and O–H groups in total. The highest BCUT2D eigenvalue weighted by atomic mass is 35.5. The van der Waals surface area contributed by atoms with Gasteiger partial charge < -0.3 is 9.84 Å². The van der Waals surface area contributed by atoms with Crippen LogP contribution in [-0.4, -0.2) is 22.4 Å². The first-order valence-electron chi connectivity index (χ1n) is 4.44. The number of carboxylic acid groups (broad SMARTS) is 1. The summed E-state index contributed by atoms with van der Waals surface area (Å²) in [6, 6.07) is 0. The van der Waals surface area contributed by atoms with E-state index in [1.165, 1.54) is 0 Å². The predicted octanol–water partition coefficient (Wildman–Crippen LogP) is 2.49. The molecule has 9 heteroatoms. The quantitative estimate of drug-likeness (QED) is 0.683. The average molecular weight is 288 g/mol. The van der Waals surface area contributed by atoms with Gasteiger partial charge in [0.2, 0.25) is 0 Å². The molecule has 100 valence electrons. The van der Waals surface area contributed by atoms with E-state index >= 15 is 0 Å². The Kier molecular flexibility index (Phi) is 4.33. The molecule has 0 aromatic carbocycles. The number of aliphatic carboxylic acids is 1. The zero-order chi connectivity index (χ0) is 13.9. The van der Waals surface area contributed by atoms with E-state index in [1.54, 1.807) is 0 Å². The van der Waals surface area contributed by atoms with Crippen LogP contribution in [0.4, 0.5) is 17.6 Å². The van der Waals surface area contributed by atoms with E-state index in [2.05, 4.69) is 9.72 Å². The third-order valence-corrected chi connectivity index (χ3v) is 2.15. The Morgan fingerprint density at radius 1 is 1.50 bits per heavy atom. The van der Waals surface area contributed by atoms with E-state index in [1.807, 2.05) is 0 Å². The summed E-state index contributed by atoms with van der Waals surface area (Å²) < 4.78 is 52.7. The van der Waals surface area contributed by atoms with Crippen molar-refractivity contribution in [1.29, 1.82) is 0 Å². The minimum atomic E-state index is -5.11. The van der Waals surface area contributed by atoms with Gasteiger partial charge in [-0.25, -0.2) is 9.37 Å². The van der Waals surface area contributed by atoms with Crippen molar-refractivity contribution >= 4 is 17.6 Å². The molecule has 1 aromatic rings. The van der Waals surface area contributed by atoms with E-state index in [0.717, 1.165) is 6.20 Å². The van der Waals surface area contributed by atoms with Crippen molar-refractivity contribution in [2.24, 2.45) is 0 Å². The predicted molar refractivity (Wildman–Crippen MR) is 51.8 cm³/mol. The first kappa shape index (κ1) is 14.5. The molecule has 0 saturated carbocycles. The number of alkyl halides is 4. The molecular weight excluding hydrogens is 282 g/mol. The maximum atomic E-state index is 13.6. The average Bonchev–Trinajstić information content (AvgIpc) is 2.22. The molecule has 18 heavy (non-hydrogen) atoms. The van der Waals surface area contributed by atoms with Crippen molar-refractivity contribution < 1.29 is 32.2 Å². The number of aromatic nitrogens is 1. The fourth-order valence-electron chi connectivity index (χ4n) is 1.18. The maximum absolute atomic E-state index is 13.6. The number of pyridine rings is 1. The second-order valence-electron chi connectivity index (χ2n) is 3.13. The minimum Gasteiger partial charge on any atom is -0.481 e. The number of halogens is 5. The number of nitrogens with zero attached hydrogens (tertiary/aromatic N) is 1. The summed E-state index contributed by atoms with van der Waals surface area (Å²) in [5.41, 5.74) is -0.488. The van der Waals surface area contributed by atoms with E-state index in [4.69, 9.17) is 16.7 Å². The first-order valence-corrected chi connectivity index (χ1v) is 4.97. The lowest BCUT2D eigenvalue weighted by Gasteiger charge is -2.12. The summed E-state index contributed by atoms with van der Waals surface area (Å²) in [6.07, 6.45) is -5.09. The van der Waals surface area contributed by atoms with Gasteiger partial charge in [-0.05, 0) is 5.56 Å². The summed E-state index contributed by atoms with van der Waals surface area (Å²) in [4.78, 5) is 13.6. The van der Waals surface area contributed by atoms with Gasteiger partial charge in [0, 0.05) is 17.6 Å². The normalized spacial score (nSPS) is 11.4. The lowest BCUT2D eigenvalue weighted by atomic mass is 10.1. The molecule has 4 nitrogen and oxygen atoms in total. The molecule has 0 radical (unpaired) electrons. The van der Waals surface area contributed by atoms with Crippen LogP contribution in [0.15, 0.2) is 6.20 Å². The molecule has 0 amide bonds. The monoisotopic (exact) mass is 287 g/mol. The summed E-state index contributed by atoms with van der Waals surface area (Å²) >= 11 is 5.41. The lowest BCUT2D eigenvalue weighted by molar-refractivity contribution is -0.277. The Hall–Kier alpha value is -1.57. The molecule has 0 unspecified atom stereocenters. The van der Waals surface area contributed by atoms with Crippen LogP contribution in [0.25, 0.3) is 0 Å². The van der Waals surface area contributed by atoms with Gasteiger partial charge in [0.25, 0.3) is 5.88 Å². The van der Waals surface area contributed by atoms with Crippen molar-refractivity contribution in [1.82, 2.24) is 4.98 Å². The van der Waals surface area contributed by atoms with Crippen LogP contribution < -0.4 is 4.74 Å². The maximum Gasteiger partial charge on any atom is 0.574 e. The van der Waals surface area contributed by atoms with Gasteiger partial charge in [0.1, 0.15) is 0 Å². The van der Waals surface area contributed by atoms with Gasteiger partial charge in [-0.1, -0.05) is 0 Å². The fraction of sp³-hybridized carbons (Fsp3) is 0.333. The topological polar surface area (TPSA) is 59.4 Å². The molecular formula is C9H6ClF4NO3. The van der Waals surface area contributed by atoms with Gasteiger partial charge in [-0.2, -0.15) is 0 Å². The fourth-order valence-corrected chi connectivity index (χ4v) is 1.41. The Labute approximate surface area is 103 Å². The van der Waals surface area contributed by atoms with Crippen molar-refractivity contribution in [3.63, 3.8) is 0 Å². The number of hydrogen-bond donors (Lipinski definition) is 1. The molecule has 0 aliphatic carbocycles. The van der Waals surface area contributed by atoms with Gasteiger partial charge in [-0.3, -0.25) is 4.79 Å². The van der Waals surface area contributed by atoms with Crippen molar-refractivity contribution in [2.75, 3.05) is 0 Å². The molecule has 0 spiro atoms. The van der Waals surface area contributed by atoms with Crippen LogP contribution in [0.3, 0.4) is 0 Å². The second kappa shape index (κ2) is 5.38. The van der Waals surface area contributed by atoms with Gasteiger partial charge in [0.15, 0.2) is 5.82 Å². The third-order valence-electron chi connectivity index (χ3n) is 1.86. The van der Waals surface area contributed by atoms with E-state index in [9.17, 15) is 22.4 Å². The molecule has 1 heterocycles.